The fourth-order valence-electron chi connectivity index (χ4n) is 2.21. The minimum absolute atomic E-state index is 0.679. The molecule has 0 amide bonds. The number of pyridine rings is 1. The average molecular weight is 264 g/mol. The van der Waals surface area contributed by atoms with Gasteiger partial charge in [-0.2, -0.15) is 0 Å². The number of hydrogen-bond donors (Lipinski definition) is 1. The molecule has 5 heteroatoms. The molecule has 0 spiro atoms. The molecule has 1 N–H and O–H groups in total. The number of aromatic nitrogens is 1. The highest BCUT2D eigenvalue weighted by Crippen LogP contribution is 2.07. The lowest BCUT2D eigenvalue weighted by Crippen LogP contribution is -2.46. The largest absolute Gasteiger partial charge is 0.481 e. The van der Waals surface area contributed by atoms with E-state index in [9.17, 15) is 0 Å². The lowest BCUT2D eigenvalue weighted by Gasteiger charge is -2.32. The molecule has 1 aromatic rings. The molecule has 1 fully saturated rings. The number of rotatable bonds is 6. The first-order chi connectivity index (χ1) is 9.28. The first-order valence-corrected chi connectivity index (χ1v) is 6.88. The van der Waals surface area contributed by atoms with Gasteiger partial charge in [0, 0.05) is 58.1 Å². The van der Waals surface area contributed by atoms with E-state index in [0.29, 0.717) is 5.88 Å². The Bertz CT molecular complexity index is 377. The topological polar surface area (TPSA) is 40.6 Å². The Morgan fingerprint density at radius 2 is 2.11 bits per heavy atom. The molecule has 0 aliphatic carbocycles. The maximum atomic E-state index is 5.11. The number of methoxy groups -OCH3 is 1. The molecule has 5 nitrogen and oxygen atoms in total. The zero-order valence-corrected chi connectivity index (χ0v) is 11.9. The van der Waals surface area contributed by atoms with Gasteiger partial charge in [-0.1, -0.05) is 0 Å². The number of ether oxygens (including phenoxy) is 1. The molecule has 1 aromatic heterocycles. The van der Waals surface area contributed by atoms with E-state index in [1.54, 1.807) is 13.3 Å². The third-order valence-electron chi connectivity index (χ3n) is 3.54. The van der Waals surface area contributed by atoms with Crippen molar-refractivity contribution in [3.8, 4) is 5.88 Å². The number of likely N-dealkylation sites (N-methyl/N-ethyl adjacent to an activating group) is 1. The van der Waals surface area contributed by atoms with Gasteiger partial charge in [-0.15, -0.1) is 0 Å². The Morgan fingerprint density at radius 3 is 2.84 bits per heavy atom. The van der Waals surface area contributed by atoms with E-state index in [-0.39, 0.29) is 0 Å². The van der Waals surface area contributed by atoms with Crippen LogP contribution in [0.5, 0.6) is 5.88 Å². The van der Waals surface area contributed by atoms with Gasteiger partial charge in [-0.3, -0.25) is 4.90 Å². The van der Waals surface area contributed by atoms with Gasteiger partial charge in [0.1, 0.15) is 0 Å². The number of nitrogens with zero attached hydrogens (tertiary/aromatic N) is 3. The third kappa shape index (κ3) is 4.78. The molecule has 1 aliphatic heterocycles. The van der Waals surface area contributed by atoms with Crippen molar-refractivity contribution in [3.63, 3.8) is 0 Å². The molecular weight excluding hydrogens is 240 g/mol. The Balaban J connectivity index is 1.63. The van der Waals surface area contributed by atoms with E-state index >= 15 is 0 Å². The lowest BCUT2D eigenvalue weighted by atomic mass is 10.2. The summed E-state index contributed by atoms with van der Waals surface area (Å²) in [7, 11) is 3.83. The van der Waals surface area contributed by atoms with Gasteiger partial charge in [-0.25, -0.2) is 4.98 Å². The van der Waals surface area contributed by atoms with Crippen molar-refractivity contribution >= 4 is 0 Å². The van der Waals surface area contributed by atoms with E-state index in [1.807, 2.05) is 12.1 Å². The van der Waals surface area contributed by atoms with Crippen molar-refractivity contribution in [2.75, 3.05) is 53.4 Å². The van der Waals surface area contributed by atoms with Gasteiger partial charge in [0.15, 0.2) is 0 Å². The second-order valence-electron chi connectivity index (χ2n) is 5.03. The van der Waals surface area contributed by atoms with Crippen LogP contribution in [-0.2, 0) is 6.54 Å². The molecule has 2 rings (SSSR count). The smallest absolute Gasteiger partial charge is 0.213 e. The van der Waals surface area contributed by atoms with Crippen molar-refractivity contribution in [1.82, 2.24) is 20.1 Å². The summed E-state index contributed by atoms with van der Waals surface area (Å²) in [6.45, 7) is 7.74. The molecule has 0 unspecified atom stereocenters. The molecular formula is C14H24N4O. The molecule has 2 heterocycles. The summed E-state index contributed by atoms with van der Waals surface area (Å²) < 4.78 is 5.11. The summed E-state index contributed by atoms with van der Waals surface area (Å²) in [4.78, 5) is 9.00. The van der Waals surface area contributed by atoms with E-state index in [1.165, 1.54) is 31.7 Å². The monoisotopic (exact) mass is 264 g/mol. The van der Waals surface area contributed by atoms with Crippen molar-refractivity contribution in [1.29, 1.82) is 0 Å². The van der Waals surface area contributed by atoms with Gasteiger partial charge < -0.3 is 15.0 Å². The van der Waals surface area contributed by atoms with Crippen molar-refractivity contribution in [2.24, 2.45) is 0 Å². The quantitative estimate of drug-likeness (QED) is 0.755. The average Bonchev–Trinajstić information content (AvgIpc) is 2.46. The maximum Gasteiger partial charge on any atom is 0.213 e. The van der Waals surface area contributed by atoms with Crippen LogP contribution in [0.4, 0.5) is 0 Å². The predicted octanol–water partition coefficient (Wildman–Crippen LogP) is 0.427. The van der Waals surface area contributed by atoms with Gasteiger partial charge in [0.25, 0.3) is 0 Å². The molecule has 0 atom stereocenters. The fourth-order valence-corrected chi connectivity index (χ4v) is 2.21. The highest BCUT2D eigenvalue weighted by Gasteiger charge is 2.12. The highest BCUT2D eigenvalue weighted by molar-refractivity contribution is 5.20. The van der Waals surface area contributed by atoms with Crippen LogP contribution >= 0.6 is 0 Å². The first-order valence-electron chi connectivity index (χ1n) is 6.88. The third-order valence-corrected chi connectivity index (χ3v) is 3.54. The number of nitrogens with one attached hydrogen (secondary N) is 1. The minimum atomic E-state index is 0.679. The number of piperazine rings is 1. The van der Waals surface area contributed by atoms with E-state index in [2.05, 4.69) is 27.1 Å². The summed E-state index contributed by atoms with van der Waals surface area (Å²) in [5.41, 5.74) is 1.21. The fraction of sp³-hybridized carbons (Fsp3) is 0.643. The van der Waals surface area contributed by atoms with Gasteiger partial charge >= 0.3 is 0 Å². The summed E-state index contributed by atoms with van der Waals surface area (Å²) in [5, 5.41) is 3.47. The Kier molecular flexibility index (Phi) is 5.57. The van der Waals surface area contributed by atoms with Crippen molar-refractivity contribution in [3.05, 3.63) is 23.9 Å². The van der Waals surface area contributed by atoms with Crippen LogP contribution in [0.3, 0.4) is 0 Å². The summed E-state index contributed by atoms with van der Waals surface area (Å²) >= 11 is 0. The summed E-state index contributed by atoms with van der Waals surface area (Å²) in [6.07, 6.45) is 1.79. The molecule has 0 saturated carbocycles. The minimum Gasteiger partial charge on any atom is -0.481 e. The number of hydrogen-bond acceptors (Lipinski definition) is 5. The van der Waals surface area contributed by atoms with Crippen molar-refractivity contribution in [2.45, 2.75) is 6.54 Å². The second kappa shape index (κ2) is 7.43. The van der Waals surface area contributed by atoms with Gasteiger partial charge in [-0.05, 0) is 18.7 Å². The van der Waals surface area contributed by atoms with Crippen molar-refractivity contribution < 1.29 is 4.74 Å². The summed E-state index contributed by atoms with van der Waals surface area (Å²) in [6, 6.07) is 3.99. The highest BCUT2D eigenvalue weighted by atomic mass is 16.5. The summed E-state index contributed by atoms with van der Waals surface area (Å²) in [5.74, 6) is 0.679. The van der Waals surface area contributed by atoms with E-state index in [4.69, 9.17) is 4.74 Å². The first kappa shape index (κ1) is 14.2. The van der Waals surface area contributed by atoms with Crippen LogP contribution in [0, 0.1) is 0 Å². The Hall–Kier alpha value is -1.17. The molecule has 0 aromatic carbocycles. The molecule has 19 heavy (non-hydrogen) atoms. The van der Waals surface area contributed by atoms with E-state index < -0.39 is 0 Å². The van der Waals surface area contributed by atoms with Crippen LogP contribution in [-0.4, -0.2) is 68.2 Å². The van der Waals surface area contributed by atoms with Crippen LogP contribution in [0.15, 0.2) is 18.3 Å². The second-order valence-corrected chi connectivity index (χ2v) is 5.03. The molecule has 0 radical (unpaired) electrons. The van der Waals surface area contributed by atoms with Gasteiger partial charge in [0.05, 0.1) is 7.11 Å². The van der Waals surface area contributed by atoms with Crippen LogP contribution in [0.1, 0.15) is 5.56 Å². The predicted molar refractivity (Wildman–Crippen MR) is 76.4 cm³/mol. The van der Waals surface area contributed by atoms with Crippen LogP contribution < -0.4 is 10.1 Å². The molecule has 1 aliphatic rings. The lowest BCUT2D eigenvalue weighted by molar-refractivity contribution is 0.154. The standard InChI is InChI=1S/C14H24N4O/c1-17-7-9-18(10-8-17)6-5-15-12-13-3-4-16-14(11-13)19-2/h3-4,11,15H,5-10,12H2,1-2H3. The molecule has 0 bridgehead atoms. The van der Waals surface area contributed by atoms with E-state index in [0.717, 1.165) is 19.6 Å². The normalized spacial score (nSPS) is 17.6. The van der Waals surface area contributed by atoms with Crippen LogP contribution in [0.25, 0.3) is 0 Å². The zero-order valence-electron chi connectivity index (χ0n) is 11.9. The zero-order chi connectivity index (χ0) is 13.5. The molecule has 106 valence electrons. The molecule has 1 saturated heterocycles. The van der Waals surface area contributed by atoms with Crippen LogP contribution in [0.2, 0.25) is 0 Å². The maximum absolute atomic E-state index is 5.11. The SMILES string of the molecule is COc1cc(CNCCN2CCN(C)CC2)ccn1. The Morgan fingerprint density at radius 1 is 1.32 bits per heavy atom. The van der Waals surface area contributed by atoms with Gasteiger partial charge in [0.2, 0.25) is 5.88 Å². The Labute approximate surface area is 115 Å².